The average Bonchev–Trinajstić information content (AvgIpc) is 2.84. The summed E-state index contributed by atoms with van der Waals surface area (Å²) in [7, 11) is 0. The molecule has 2 heterocycles. The van der Waals surface area contributed by atoms with Gasteiger partial charge < -0.3 is 4.90 Å². The van der Waals surface area contributed by atoms with Gasteiger partial charge in [-0.05, 0) is 13.8 Å². The molecule has 17 heavy (non-hydrogen) atoms. The summed E-state index contributed by atoms with van der Waals surface area (Å²) in [6.45, 7) is 8.58. The zero-order chi connectivity index (χ0) is 12.4. The van der Waals surface area contributed by atoms with Gasteiger partial charge >= 0.3 is 0 Å². The number of hydrogen-bond donors (Lipinski definition) is 0. The van der Waals surface area contributed by atoms with Gasteiger partial charge in [0, 0.05) is 24.2 Å². The van der Waals surface area contributed by atoms with Crippen molar-refractivity contribution in [3.63, 3.8) is 0 Å². The van der Waals surface area contributed by atoms with Crippen molar-refractivity contribution < 1.29 is 4.79 Å². The molecule has 0 amide bonds. The highest BCUT2D eigenvalue weighted by Gasteiger charge is 2.19. The number of hydrogen-bond acceptors (Lipinski definition) is 4. The third kappa shape index (κ3) is 1.98. The first-order valence-corrected chi connectivity index (χ1v) is 6.35. The fourth-order valence-electron chi connectivity index (χ4n) is 1.79. The zero-order valence-electron chi connectivity index (χ0n) is 9.96. The van der Waals surface area contributed by atoms with Crippen LogP contribution in [0.15, 0.2) is 24.2 Å². The van der Waals surface area contributed by atoms with Crippen LogP contribution in [0.1, 0.15) is 24.3 Å². The maximum Gasteiger partial charge on any atom is 0.196 e. The summed E-state index contributed by atoms with van der Waals surface area (Å²) in [5, 5.41) is 1.92. The lowest BCUT2D eigenvalue weighted by Gasteiger charge is -2.25. The van der Waals surface area contributed by atoms with Crippen LogP contribution in [0.2, 0.25) is 0 Å². The zero-order valence-corrected chi connectivity index (χ0v) is 10.8. The summed E-state index contributed by atoms with van der Waals surface area (Å²) in [4.78, 5) is 18.6. The van der Waals surface area contributed by atoms with Crippen LogP contribution in [0.3, 0.4) is 0 Å². The number of thiazole rings is 1. The maximum absolute atomic E-state index is 11.2. The second-order valence-corrected chi connectivity index (χ2v) is 4.90. The van der Waals surface area contributed by atoms with Gasteiger partial charge in [-0.15, -0.1) is 17.9 Å². The third-order valence-corrected chi connectivity index (χ3v) is 3.37. The SMILES string of the molecule is C=CCN(c1nc2sccn2c1C=O)C(C)C. The Balaban J connectivity index is 2.54. The molecule has 90 valence electrons. The number of anilines is 1. The minimum absolute atomic E-state index is 0.274. The van der Waals surface area contributed by atoms with E-state index in [1.54, 1.807) is 0 Å². The number of nitrogens with zero attached hydrogens (tertiary/aromatic N) is 3. The Morgan fingerprint density at radius 3 is 3.00 bits per heavy atom. The van der Waals surface area contributed by atoms with Crippen molar-refractivity contribution >= 4 is 28.4 Å². The lowest BCUT2D eigenvalue weighted by Crippen LogP contribution is -2.32. The second-order valence-electron chi connectivity index (χ2n) is 4.03. The second kappa shape index (κ2) is 4.71. The van der Waals surface area contributed by atoms with Crippen molar-refractivity contribution in [3.05, 3.63) is 29.9 Å². The van der Waals surface area contributed by atoms with E-state index in [-0.39, 0.29) is 6.04 Å². The highest BCUT2D eigenvalue weighted by molar-refractivity contribution is 7.15. The van der Waals surface area contributed by atoms with Crippen LogP contribution in [0.25, 0.3) is 4.96 Å². The van der Waals surface area contributed by atoms with Crippen molar-refractivity contribution in [1.82, 2.24) is 9.38 Å². The Morgan fingerprint density at radius 2 is 2.41 bits per heavy atom. The van der Waals surface area contributed by atoms with Crippen molar-refractivity contribution in [2.24, 2.45) is 0 Å². The van der Waals surface area contributed by atoms with Crippen LogP contribution in [0.4, 0.5) is 5.82 Å². The van der Waals surface area contributed by atoms with Crippen molar-refractivity contribution in [3.8, 4) is 0 Å². The van der Waals surface area contributed by atoms with Crippen LogP contribution in [0.5, 0.6) is 0 Å². The predicted molar refractivity (Wildman–Crippen MR) is 71.1 cm³/mol. The molecule has 2 aromatic rings. The van der Waals surface area contributed by atoms with Crippen LogP contribution in [-0.2, 0) is 0 Å². The highest BCUT2D eigenvalue weighted by atomic mass is 32.1. The quantitative estimate of drug-likeness (QED) is 0.604. The van der Waals surface area contributed by atoms with Gasteiger partial charge in [-0.1, -0.05) is 6.08 Å². The largest absolute Gasteiger partial charge is 0.349 e. The molecule has 0 aliphatic heterocycles. The maximum atomic E-state index is 11.2. The molecule has 0 saturated carbocycles. The summed E-state index contributed by atoms with van der Waals surface area (Å²) in [6, 6.07) is 0.274. The lowest BCUT2D eigenvalue weighted by atomic mass is 10.3. The Morgan fingerprint density at radius 1 is 1.65 bits per heavy atom. The van der Waals surface area contributed by atoms with E-state index < -0.39 is 0 Å². The molecule has 2 rings (SSSR count). The molecule has 0 atom stereocenters. The molecule has 0 N–H and O–H groups in total. The fraction of sp³-hybridized carbons (Fsp3) is 0.333. The first-order chi connectivity index (χ1) is 8.19. The smallest absolute Gasteiger partial charge is 0.196 e. The molecule has 0 spiro atoms. The van der Waals surface area contributed by atoms with Crippen LogP contribution in [-0.4, -0.2) is 28.3 Å². The Bertz CT molecular complexity index is 541. The van der Waals surface area contributed by atoms with Crippen molar-refractivity contribution in [2.45, 2.75) is 19.9 Å². The molecule has 5 heteroatoms. The number of rotatable bonds is 5. The highest BCUT2D eigenvalue weighted by Crippen LogP contribution is 2.24. The lowest BCUT2D eigenvalue weighted by molar-refractivity contribution is 0.111. The fourth-order valence-corrected chi connectivity index (χ4v) is 2.51. The first kappa shape index (κ1) is 11.9. The van der Waals surface area contributed by atoms with Crippen LogP contribution < -0.4 is 4.90 Å². The molecule has 0 aliphatic rings. The number of imidazole rings is 1. The van der Waals surface area contributed by atoms with Gasteiger partial charge in [0.2, 0.25) is 0 Å². The summed E-state index contributed by atoms with van der Waals surface area (Å²) >= 11 is 1.53. The number of fused-ring (bicyclic) bond motifs is 1. The normalized spacial score (nSPS) is 11.0. The number of carbonyl (C=O) groups is 1. The minimum Gasteiger partial charge on any atom is -0.349 e. The number of aromatic nitrogens is 2. The number of aldehydes is 1. The van der Waals surface area contributed by atoms with Crippen LogP contribution in [0, 0.1) is 0 Å². The molecule has 0 radical (unpaired) electrons. The Hall–Kier alpha value is -1.62. The Labute approximate surface area is 104 Å². The van der Waals surface area contributed by atoms with E-state index >= 15 is 0 Å². The topological polar surface area (TPSA) is 37.6 Å². The van der Waals surface area contributed by atoms with Gasteiger partial charge in [-0.2, -0.15) is 0 Å². The van der Waals surface area contributed by atoms with E-state index in [1.807, 2.05) is 22.1 Å². The molecular weight excluding hydrogens is 234 g/mol. The van der Waals surface area contributed by atoms with Gasteiger partial charge in [0.1, 0.15) is 5.69 Å². The van der Waals surface area contributed by atoms with Crippen molar-refractivity contribution in [1.29, 1.82) is 0 Å². The third-order valence-electron chi connectivity index (χ3n) is 2.61. The Kier molecular flexibility index (Phi) is 3.28. The summed E-state index contributed by atoms with van der Waals surface area (Å²) < 4.78 is 1.82. The van der Waals surface area contributed by atoms with E-state index in [4.69, 9.17) is 0 Å². The monoisotopic (exact) mass is 249 g/mol. The van der Waals surface area contributed by atoms with Crippen molar-refractivity contribution in [2.75, 3.05) is 11.4 Å². The molecule has 2 aromatic heterocycles. The number of carbonyl (C=O) groups excluding carboxylic acids is 1. The molecule has 0 saturated heterocycles. The van der Waals surface area contributed by atoms with Gasteiger partial charge in [-0.25, -0.2) is 4.98 Å². The standard InChI is InChI=1S/C12H15N3OS/c1-4-5-14(9(2)3)11-10(8-16)15-6-7-17-12(15)13-11/h4,6-9H,1,5H2,2-3H3. The molecule has 0 fully saturated rings. The summed E-state index contributed by atoms with van der Waals surface area (Å²) in [6.07, 6.45) is 4.55. The molecule has 0 bridgehead atoms. The molecule has 0 unspecified atom stereocenters. The molecular formula is C12H15N3OS. The average molecular weight is 249 g/mol. The van der Waals surface area contributed by atoms with E-state index in [9.17, 15) is 4.79 Å². The molecule has 0 aliphatic carbocycles. The van der Waals surface area contributed by atoms with Crippen LogP contribution >= 0.6 is 11.3 Å². The minimum atomic E-state index is 0.274. The van der Waals surface area contributed by atoms with E-state index in [0.717, 1.165) is 17.1 Å². The van der Waals surface area contributed by atoms with Gasteiger partial charge in [0.15, 0.2) is 17.1 Å². The predicted octanol–water partition coefficient (Wildman–Crippen LogP) is 2.61. The van der Waals surface area contributed by atoms with E-state index in [0.29, 0.717) is 12.2 Å². The molecule has 4 nitrogen and oxygen atoms in total. The summed E-state index contributed by atoms with van der Waals surface area (Å²) in [5.41, 5.74) is 0.608. The van der Waals surface area contributed by atoms with Gasteiger partial charge in [0.05, 0.1) is 0 Å². The molecule has 0 aromatic carbocycles. The summed E-state index contributed by atoms with van der Waals surface area (Å²) in [5.74, 6) is 0.738. The van der Waals surface area contributed by atoms with Gasteiger partial charge in [0.25, 0.3) is 0 Å². The first-order valence-electron chi connectivity index (χ1n) is 5.47. The van der Waals surface area contributed by atoms with E-state index in [1.165, 1.54) is 11.3 Å². The van der Waals surface area contributed by atoms with Gasteiger partial charge in [-0.3, -0.25) is 9.20 Å². The van der Waals surface area contributed by atoms with E-state index in [2.05, 4.69) is 30.3 Å².